The van der Waals surface area contributed by atoms with Crippen LogP contribution in [0.1, 0.15) is 24.5 Å². The topological polar surface area (TPSA) is 38.7 Å². The predicted molar refractivity (Wildman–Crippen MR) is 92.2 cm³/mol. The van der Waals surface area contributed by atoms with Crippen molar-refractivity contribution in [2.24, 2.45) is 0 Å². The van der Waals surface area contributed by atoms with Gasteiger partial charge in [0.25, 0.3) is 0 Å². The standard InChI is InChI=1S/C17H16FIO3/c1-3-4-5-15(20)17-13(18)7-6-11-8-12(22-10-21-2)9-14(19)16(11)17/h1,6-9,15,20H,4-5,10H2,2H3. The molecule has 0 amide bonds. The first-order valence-corrected chi connectivity index (χ1v) is 7.81. The van der Waals surface area contributed by atoms with Crippen molar-refractivity contribution in [1.29, 1.82) is 0 Å². The van der Waals surface area contributed by atoms with Crippen LogP contribution in [-0.2, 0) is 4.74 Å². The molecule has 2 aromatic carbocycles. The molecule has 0 radical (unpaired) electrons. The van der Waals surface area contributed by atoms with Gasteiger partial charge in [-0.15, -0.1) is 12.3 Å². The van der Waals surface area contributed by atoms with Crippen molar-refractivity contribution in [3.05, 3.63) is 39.2 Å². The van der Waals surface area contributed by atoms with Crippen LogP contribution in [0.25, 0.3) is 10.8 Å². The zero-order chi connectivity index (χ0) is 16.1. The summed E-state index contributed by atoms with van der Waals surface area (Å²) in [5.41, 5.74) is 0.287. The smallest absolute Gasteiger partial charge is 0.188 e. The average Bonchev–Trinajstić information content (AvgIpc) is 2.51. The fraction of sp³-hybridized carbons (Fsp3) is 0.294. The first-order valence-electron chi connectivity index (χ1n) is 6.73. The number of fused-ring (bicyclic) bond motifs is 1. The highest BCUT2D eigenvalue weighted by atomic mass is 127. The van der Waals surface area contributed by atoms with Crippen LogP contribution < -0.4 is 4.74 Å². The van der Waals surface area contributed by atoms with Crippen molar-refractivity contribution in [2.75, 3.05) is 13.9 Å². The molecule has 1 N–H and O–H groups in total. The number of aliphatic hydroxyl groups is 1. The summed E-state index contributed by atoms with van der Waals surface area (Å²) in [6.45, 7) is 0.139. The van der Waals surface area contributed by atoms with Crippen LogP contribution in [0.4, 0.5) is 4.39 Å². The van der Waals surface area contributed by atoms with Crippen molar-refractivity contribution in [3.8, 4) is 18.1 Å². The van der Waals surface area contributed by atoms with E-state index in [9.17, 15) is 9.50 Å². The van der Waals surface area contributed by atoms with Crippen LogP contribution in [-0.4, -0.2) is 19.0 Å². The largest absolute Gasteiger partial charge is 0.468 e. The molecule has 0 aliphatic heterocycles. The molecular weight excluding hydrogens is 398 g/mol. The van der Waals surface area contributed by atoms with E-state index >= 15 is 0 Å². The molecule has 0 aliphatic rings. The van der Waals surface area contributed by atoms with E-state index in [1.165, 1.54) is 6.07 Å². The Balaban J connectivity index is 2.52. The van der Waals surface area contributed by atoms with Gasteiger partial charge in [0.2, 0.25) is 0 Å². The van der Waals surface area contributed by atoms with Gasteiger partial charge in [-0.3, -0.25) is 0 Å². The summed E-state index contributed by atoms with van der Waals surface area (Å²) in [5, 5.41) is 11.8. The number of ether oxygens (including phenoxy) is 2. The van der Waals surface area contributed by atoms with Crippen LogP contribution in [0.5, 0.6) is 5.75 Å². The molecule has 3 nitrogen and oxygen atoms in total. The summed E-state index contributed by atoms with van der Waals surface area (Å²) in [7, 11) is 1.54. The quantitative estimate of drug-likeness (QED) is 0.441. The first-order chi connectivity index (χ1) is 10.6. The Labute approximate surface area is 142 Å². The van der Waals surface area contributed by atoms with Crippen molar-refractivity contribution in [3.63, 3.8) is 0 Å². The first kappa shape index (κ1) is 17.0. The van der Waals surface area contributed by atoms with Crippen LogP contribution in [0.3, 0.4) is 0 Å². The number of hydrogen-bond acceptors (Lipinski definition) is 3. The van der Waals surface area contributed by atoms with E-state index in [1.807, 2.05) is 0 Å². The molecule has 1 unspecified atom stereocenters. The van der Waals surface area contributed by atoms with Gasteiger partial charge in [-0.05, 0) is 52.6 Å². The summed E-state index contributed by atoms with van der Waals surface area (Å²) in [4.78, 5) is 0. The number of terminal acetylenes is 1. The van der Waals surface area contributed by atoms with E-state index in [2.05, 4.69) is 28.5 Å². The second-order valence-electron chi connectivity index (χ2n) is 4.77. The van der Waals surface area contributed by atoms with E-state index < -0.39 is 11.9 Å². The summed E-state index contributed by atoms with van der Waals surface area (Å²) in [6, 6.07) is 6.61. The monoisotopic (exact) mass is 414 g/mol. The molecule has 1 atom stereocenters. The van der Waals surface area contributed by atoms with Crippen molar-refractivity contribution >= 4 is 33.4 Å². The molecule has 2 rings (SSSR count). The Morgan fingerprint density at radius 2 is 2.18 bits per heavy atom. The molecule has 0 saturated carbocycles. The SMILES string of the molecule is C#CCCC(O)c1c(F)ccc2cc(OCOC)cc(I)c12. The molecular formula is C17H16FIO3. The molecule has 0 heterocycles. The minimum absolute atomic E-state index is 0.139. The van der Waals surface area contributed by atoms with Crippen LogP contribution in [0.2, 0.25) is 0 Å². The lowest BCUT2D eigenvalue weighted by atomic mass is 9.97. The van der Waals surface area contributed by atoms with E-state index in [4.69, 9.17) is 15.9 Å². The van der Waals surface area contributed by atoms with E-state index in [0.717, 1.165) is 8.96 Å². The minimum Gasteiger partial charge on any atom is -0.468 e. The lowest BCUT2D eigenvalue weighted by molar-refractivity contribution is 0.0512. The lowest BCUT2D eigenvalue weighted by Crippen LogP contribution is -2.04. The van der Waals surface area contributed by atoms with Gasteiger partial charge in [-0.2, -0.15) is 0 Å². The van der Waals surface area contributed by atoms with Crippen molar-refractivity contribution in [1.82, 2.24) is 0 Å². The second-order valence-corrected chi connectivity index (χ2v) is 5.94. The Bertz CT molecular complexity index is 709. The lowest BCUT2D eigenvalue weighted by Gasteiger charge is -2.16. The van der Waals surface area contributed by atoms with Crippen molar-refractivity contribution in [2.45, 2.75) is 18.9 Å². The molecule has 0 fully saturated rings. The number of benzene rings is 2. The highest BCUT2D eigenvalue weighted by molar-refractivity contribution is 14.1. The van der Waals surface area contributed by atoms with Crippen LogP contribution in [0, 0.1) is 21.7 Å². The predicted octanol–water partition coefficient (Wildman–Crippen LogP) is 4.01. The summed E-state index contributed by atoms with van der Waals surface area (Å²) in [6.07, 6.45) is 5.00. The summed E-state index contributed by atoms with van der Waals surface area (Å²) < 4.78 is 25.3. The van der Waals surface area contributed by atoms with Gasteiger partial charge >= 0.3 is 0 Å². The number of aliphatic hydroxyl groups excluding tert-OH is 1. The Hall–Kier alpha value is -1.36. The van der Waals surface area contributed by atoms with Crippen LogP contribution in [0.15, 0.2) is 24.3 Å². The molecule has 116 valence electrons. The molecule has 2 aromatic rings. The van der Waals surface area contributed by atoms with Gasteiger partial charge in [0.1, 0.15) is 11.6 Å². The number of hydrogen-bond donors (Lipinski definition) is 1. The zero-order valence-electron chi connectivity index (χ0n) is 12.1. The third kappa shape index (κ3) is 3.69. The van der Waals surface area contributed by atoms with Crippen LogP contribution >= 0.6 is 22.6 Å². The Morgan fingerprint density at radius 3 is 2.86 bits per heavy atom. The number of halogens is 2. The molecule has 0 saturated heterocycles. The fourth-order valence-corrected chi connectivity index (χ4v) is 3.20. The normalized spacial score (nSPS) is 12.1. The van der Waals surface area contributed by atoms with Gasteiger partial charge in [-0.25, -0.2) is 4.39 Å². The van der Waals surface area contributed by atoms with E-state index in [-0.39, 0.29) is 12.4 Å². The fourth-order valence-electron chi connectivity index (χ4n) is 2.29. The van der Waals surface area contributed by atoms with Gasteiger partial charge in [0, 0.05) is 28.1 Å². The number of methoxy groups -OCH3 is 1. The zero-order valence-corrected chi connectivity index (χ0v) is 14.3. The maximum atomic E-state index is 14.2. The van der Waals surface area contributed by atoms with E-state index in [0.29, 0.717) is 24.0 Å². The summed E-state index contributed by atoms with van der Waals surface area (Å²) in [5.74, 6) is 2.67. The molecule has 0 aromatic heterocycles. The molecule has 0 spiro atoms. The van der Waals surface area contributed by atoms with E-state index in [1.54, 1.807) is 25.3 Å². The Kier molecular flexibility index (Phi) is 6.00. The average molecular weight is 414 g/mol. The van der Waals surface area contributed by atoms with Gasteiger partial charge < -0.3 is 14.6 Å². The third-order valence-corrected chi connectivity index (χ3v) is 4.12. The maximum Gasteiger partial charge on any atom is 0.188 e. The highest BCUT2D eigenvalue weighted by Crippen LogP contribution is 2.35. The molecule has 0 bridgehead atoms. The number of rotatable bonds is 6. The Morgan fingerprint density at radius 1 is 1.41 bits per heavy atom. The van der Waals surface area contributed by atoms with Gasteiger partial charge in [0.15, 0.2) is 6.79 Å². The minimum atomic E-state index is -0.931. The highest BCUT2D eigenvalue weighted by Gasteiger charge is 2.18. The third-order valence-electron chi connectivity index (χ3n) is 3.27. The van der Waals surface area contributed by atoms with Gasteiger partial charge in [0.05, 0.1) is 6.10 Å². The molecule has 5 heteroatoms. The molecule has 0 aliphatic carbocycles. The second kappa shape index (κ2) is 7.77. The molecule has 22 heavy (non-hydrogen) atoms. The summed E-state index contributed by atoms with van der Waals surface area (Å²) >= 11 is 2.11. The van der Waals surface area contributed by atoms with Crippen molar-refractivity contribution < 1.29 is 19.0 Å². The maximum absolute atomic E-state index is 14.2. The van der Waals surface area contributed by atoms with Gasteiger partial charge in [-0.1, -0.05) is 6.07 Å².